The average Bonchev–Trinajstić information content (AvgIpc) is 3.25. The predicted octanol–water partition coefficient (Wildman–Crippen LogP) is 2.74. The van der Waals surface area contributed by atoms with Crippen LogP contribution in [0.4, 0.5) is 5.82 Å². The molecule has 6 rings (SSSR count). The Morgan fingerprint density at radius 3 is 2.87 bits per heavy atom. The second kappa shape index (κ2) is 6.50. The summed E-state index contributed by atoms with van der Waals surface area (Å²) in [7, 11) is 0. The van der Waals surface area contributed by atoms with Crippen LogP contribution in [0.3, 0.4) is 0 Å². The molecule has 0 unspecified atom stereocenters. The molecule has 10 heteroatoms. The van der Waals surface area contributed by atoms with E-state index in [0.717, 1.165) is 53.0 Å². The summed E-state index contributed by atoms with van der Waals surface area (Å²) in [5.41, 5.74) is 5.26. The predicted molar refractivity (Wildman–Crippen MR) is 123 cm³/mol. The first-order valence-corrected chi connectivity index (χ1v) is 12.4. The molecule has 2 aliphatic heterocycles. The second-order valence-electron chi connectivity index (χ2n) is 9.01. The Morgan fingerprint density at radius 2 is 2.07 bits per heavy atom. The third-order valence-corrected chi connectivity index (χ3v) is 9.48. The molecule has 0 saturated carbocycles. The van der Waals surface area contributed by atoms with Crippen LogP contribution in [0.1, 0.15) is 49.6 Å². The number of fused-ring (bicyclic) bond motifs is 2. The third kappa shape index (κ3) is 2.59. The van der Waals surface area contributed by atoms with E-state index >= 15 is 0 Å². The van der Waals surface area contributed by atoms with E-state index in [2.05, 4.69) is 67.3 Å². The number of aromatic nitrogens is 5. The number of pyridine rings is 1. The van der Waals surface area contributed by atoms with Gasteiger partial charge in [0.25, 0.3) is 0 Å². The molecule has 0 bridgehead atoms. The van der Waals surface area contributed by atoms with Crippen molar-refractivity contribution in [3.8, 4) is 0 Å². The van der Waals surface area contributed by atoms with Gasteiger partial charge in [0.05, 0.1) is 12.2 Å². The largest absolute Gasteiger partial charge is 0.597 e. The summed E-state index contributed by atoms with van der Waals surface area (Å²) in [6.45, 7) is 5.90. The normalized spacial score (nSPS) is 26.3. The number of H-pyrrole nitrogens is 1. The number of piperidine rings is 1. The minimum Gasteiger partial charge on any atom is -0.597 e. The van der Waals surface area contributed by atoms with Crippen molar-refractivity contribution in [3.05, 3.63) is 39.0 Å². The van der Waals surface area contributed by atoms with E-state index in [-0.39, 0.29) is 11.5 Å². The minimum absolute atomic E-state index is 0.0506. The van der Waals surface area contributed by atoms with Crippen LogP contribution in [-0.2, 0) is 22.5 Å². The highest BCUT2D eigenvalue weighted by Crippen LogP contribution is 2.57. The van der Waals surface area contributed by atoms with Gasteiger partial charge in [0.15, 0.2) is 14.1 Å². The highest BCUT2D eigenvalue weighted by molar-refractivity contribution is 14.1. The first-order valence-electron chi connectivity index (χ1n) is 10.2. The van der Waals surface area contributed by atoms with Gasteiger partial charge in [-0.25, -0.2) is 9.97 Å². The molecule has 0 aromatic carbocycles. The monoisotopic (exact) mass is 535 g/mol. The van der Waals surface area contributed by atoms with Crippen LogP contribution in [-0.4, -0.2) is 42.8 Å². The minimum atomic E-state index is -1.12. The van der Waals surface area contributed by atoms with E-state index in [4.69, 9.17) is 9.97 Å². The number of hydrogen-bond acceptors (Lipinski definition) is 7. The molecule has 3 aliphatic rings. The van der Waals surface area contributed by atoms with Gasteiger partial charge in [-0.15, -0.1) is 4.72 Å². The zero-order valence-electron chi connectivity index (χ0n) is 16.8. The molecular weight excluding hydrogens is 513 g/mol. The number of halogens is 1. The molecule has 2 atom stereocenters. The molecule has 1 saturated heterocycles. The van der Waals surface area contributed by atoms with Crippen LogP contribution in [0.5, 0.6) is 0 Å². The summed E-state index contributed by atoms with van der Waals surface area (Å²) in [6.07, 6.45) is 6.67. The van der Waals surface area contributed by atoms with Gasteiger partial charge in [-0.05, 0) is 61.8 Å². The lowest BCUT2D eigenvalue weighted by molar-refractivity contribution is 0.172. The van der Waals surface area contributed by atoms with E-state index in [1.807, 2.05) is 12.4 Å². The first-order chi connectivity index (χ1) is 14.4. The van der Waals surface area contributed by atoms with Gasteiger partial charge in [-0.1, -0.05) is 0 Å². The maximum absolute atomic E-state index is 13.1. The lowest BCUT2D eigenvalue weighted by atomic mass is 9.72. The summed E-state index contributed by atoms with van der Waals surface area (Å²) in [5.74, 6) is 0.882. The Kier molecular flexibility index (Phi) is 4.16. The second-order valence-corrected chi connectivity index (χ2v) is 11.8. The van der Waals surface area contributed by atoms with Gasteiger partial charge in [0.2, 0.25) is 0 Å². The number of rotatable bonds is 1. The van der Waals surface area contributed by atoms with Crippen molar-refractivity contribution in [2.24, 2.45) is 5.41 Å². The summed E-state index contributed by atoms with van der Waals surface area (Å²) >= 11 is 1.04. The molecule has 156 valence electrons. The molecule has 3 aromatic rings. The van der Waals surface area contributed by atoms with Crippen molar-refractivity contribution in [2.45, 2.75) is 43.9 Å². The smallest absolute Gasteiger partial charge is 0.177 e. The summed E-state index contributed by atoms with van der Waals surface area (Å²) in [6, 6.07) is 2.17. The van der Waals surface area contributed by atoms with Crippen molar-refractivity contribution in [3.63, 3.8) is 0 Å². The standard InChI is InChI=1S/C20H22IN7OS/c1-19(2)11-3-6-22-12-9-20(16(14(11)12)27-30(19)29)4-7-28(8-5-20)13-10-23-15-17(21)25-26-18(15)24-13/h3,6,10,16,27H,4-5,7-9H2,1-2H3,(H,24,25,26)/t16-,30-/m1/s1. The molecule has 1 spiro atoms. The van der Waals surface area contributed by atoms with Crippen molar-refractivity contribution >= 4 is 50.9 Å². The number of aromatic amines is 1. The number of nitrogens with one attached hydrogen (secondary N) is 2. The number of anilines is 1. The molecular formula is C20H22IN7OS. The van der Waals surface area contributed by atoms with Gasteiger partial charge < -0.3 is 9.45 Å². The van der Waals surface area contributed by atoms with Crippen molar-refractivity contribution in [1.82, 2.24) is 29.9 Å². The van der Waals surface area contributed by atoms with Crippen LogP contribution < -0.4 is 9.62 Å². The number of nitrogens with zero attached hydrogens (tertiary/aromatic N) is 5. The molecule has 1 fully saturated rings. The molecule has 2 N–H and O–H groups in total. The lowest BCUT2D eigenvalue weighted by Gasteiger charge is -2.46. The fraction of sp³-hybridized carbons (Fsp3) is 0.500. The van der Waals surface area contributed by atoms with Crippen LogP contribution in [0, 0.1) is 9.12 Å². The fourth-order valence-electron chi connectivity index (χ4n) is 5.35. The Bertz CT molecular complexity index is 1160. The van der Waals surface area contributed by atoms with E-state index in [1.54, 1.807) is 0 Å². The molecule has 5 heterocycles. The van der Waals surface area contributed by atoms with Gasteiger partial charge >= 0.3 is 0 Å². The zero-order chi connectivity index (χ0) is 20.7. The molecule has 0 radical (unpaired) electrons. The molecule has 1 aliphatic carbocycles. The Hall–Kier alpha value is -1.50. The Labute approximate surface area is 191 Å². The van der Waals surface area contributed by atoms with Crippen molar-refractivity contribution in [1.29, 1.82) is 0 Å². The quantitative estimate of drug-likeness (QED) is 0.365. The van der Waals surface area contributed by atoms with E-state index in [9.17, 15) is 4.55 Å². The van der Waals surface area contributed by atoms with E-state index < -0.39 is 16.1 Å². The number of hydrogen-bond donors (Lipinski definition) is 2. The fourth-order valence-corrected chi connectivity index (χ4v) is 7.12. The van der Waals surface area contributed by atoms with E-state index in [1.165, 1.54) is 16.8 Å². The Balaban J connectivity index is 1.30. The van der Waals surface area contributed by atoms with Gasteiger partial charge in [0, 0.05) is 52.9 Å². The van der Waals surface area contributed by atoms with Crippen LogP contribution in [0.15, 0.2) is 18.5 Å². The van der Waals surface area contributed by atoms with Gasteiger partial charge in [-0.2, -0.15) is 5.10 Å². The SMILES string of the molecule is CC1(C)c2ccnc3c2[C@@H](N[S@+]1[O-])C1(CCN(c2cnc4c(I)n[nH]c4n2)CC1)C3. The summed E-state index contributed by atoms with van der Waals surface area (Å²) in [5, 5.41) is 7.15. The van der Waals surface area contributed by atoms with Gasteiger partial charge in [-0.3, -0.25) is 10.1 Å². The van der Waals surface area contributed by atoms with Crippen molar-refractivity contribution < 1.29 is 4.55 Å². The Morgan fingerprint density at radius 1 is 1.27 bits per heavy atom. The summed E-state index contributed by atoms with van der Waals surface area (Å²) in [4.78, 5) is 16.3. The zero-order valence-corrected chi connectivity index (χ0v) is 19.7. The molecule has 8 nitrogen and oxygen atoms in total. The topological polar surface area (TPSA) is 106 Å². The highest BCUT2D eigenvalue weighted by Gasteiger charge is 2.57. The third-order valence-electron chi connectivity index (χ3n) is 7.13. The van der Waals surface area contributed by atoms with Gasteiger partial charge in [0.1, 0.15) is 11.3 Å². The highest BCUT2D eigenvalue weighted by atomic mass is 127. The van der Waals surface area contributed by atoms with E-state index in [0.29, 0.717) is 0 Å². The maximum atomic E-state index is 13.1. The average molecular weight is 535 g/mol. The first kappa shape index (κ1) is 19.2. The van der Waals surface area contributed by atoms with Crippen molar-refractivity contribution in [2.75, 3.05) is 18.0 Å². The molecule has 3 aromatic heterocycles. The van der Waals surface area contributed by atoms with Crippen LogP contribution in [0.2, 0.25) is 0 Å². The molecule has 30 heavy (non-hydrogen) atoms. The lowest BCUT2D eigenvalue weighted by Crippen LogP contribution is -2.52. The molecule has 0 amide bonds. The van der Waals surface area contributed by atoms with Crippen LogP contribution >= 0.6 is 22.6 Å². The van der Waals surface area contributed by atoms with Crippen LogP contribution in [0.25, 0.3) is 11.2 Å². The summed E-state index contributed by atoms with van der Waals surface area (Å²) < 4.78 is 17.0. The maximum Gasteiger partial charge on any atom is 0.177 e.